The standard InChI is InChI=1S/C18H26N6OS/c19-14-11-23(18(25)13-5-3-1-2-4-6-13)9-10-24(14)15(20)17-21-16(22-26-17)12-7-8-12/h12-13,19-20H,1-11H2. The predicted molar refractivity (Wildman–Crippen MR) is 101 cm³/mol. The van der Waals surface area contributed by atoms with Gasteiger partial charge in [-0.25, -0.2) is 4.98 Å². The van der Waals surface area contributed by atoms with E-state index in [9.17, 15) is 4.79 Å². The van der Waals surface area contributed by atoms with Gasteiger partial charge in [0.15, 0.2) is 10.8 Å². The van der Waals surface area contributed by atoms with Gasteiger partial charge in [0.1, 0.15) is 11.7 Å². The Morgan fingerprint density at radius 3 is 2.46 bits per heavy atom. The van der Waals surface area contributed by atoms with Gasteiger partial charge in [-0.1, -0.05) is 25.7 Å². The lowest BCUT2D eigenvalue weighted by atomic mass is 9.98. The molecule has 1 aliphatic heterocycles. The molecule has 2 saturated carbocycles. The van der Waals surface area contributed by atoms with Gasteiger partial charge in [0, 0.05) is 24.9 Å². The molecule has 1 aromatic heterocycles. The SMILES string of the molecule is N=C1CN(C(=O)C2CCCCCC2)CCN1C(=N)c1nc(C2CC2)ns1. The molecule has 2 aliphatic carbocycles. The van der Waals surface area contributed by atoms with Crippen LogP contribution in [0.15, 0.2) is 0 Å². The van der Waals surface area contributed by atoms with E-state index < -0.39 is 0 Å². The van der Waals surface area contributed by atoms with Crippen LogP contribution >= 0.6 is 11.5 Å². The zero-order valence-corrected chi connectivity index (χ0v) is 15.9. The average molecular weight is 375 g/mol. The summed E-state index contributed by atoms with van der Waals surface area (Å²) in [5.41, 5.74) is 0. The molecular formula is C18H26N6OS. The second kappa shape index (κ2) is 7.42. The highest BCUT2D eigenvalue weighted by Gasteiger charge is 2.33. The Morgan fingerprint density at radius 1 is 1.08 bits per heavy atom. The maximum absolute atomic E-state index is 12.8. The maximum atomic E-state index is 12.8. The Morgan fingerprint density at radius 2 is 1.81 bits per heavy atom. The minimum atomic E-state index is 0.126. The third-order valence-electron chi connectivity index (χ3n) is 5.63. The van der Waals surface area contributed by atoms with Crippen molar-refractivity contribution >= 4 is 29.1 Å². The molecule has 0 spiro atoms. The van der Waals surface area contributed by atoms with Crippen molar-refractivity contribution in [3.63, 3.8) is 0 Å². The molecule has 2 heterocycles. The lowest BCUT2D eigenvalue weighted by molar-refractivity contribution is -0.135. The van der Waals surface area contributed by atoms with Crippen LogP contribution in [-0.4, -0.2) is 56.4 Å². The normalized spacial score (nSPS) is 22.4. The Kier molecular flexibility index (Phi) is 5.02. The molecule has 26 heavy (non-hydrogen) atoms. The predicted octanol–water partition coefficient (Wildman–Crippen LogP) is 2.83. The van der Waals surface area contributed by atoms with E-state index in [4.69, 9.17) is 10.8 Å². The van der Waals surface area contributed by atoms with Crippen molar-refractivity contribution < 1.29 is 4.79 Å². The summed E-state index contributed by atoms with van der Waals surface area (Å²) in [5, 5.41) is 17.4. The highest BCUT2D eigenvalue weighted by atomic mass is 32.1. The minimum absolute atomic E-state index is 0.126. The van der Waals surface area contributed by atoms with E-state index in [1.165, 1.54) is 24.4 Å². The van der Waals surface area contributed by atoms with E-state index in [1.807, 2.05) is 4.90 Å². The topological polar surface area (TPSA) is 97.0 Å². The fourth-order valence-electron chi connectivity index (χ4n) is 3.87. The molecular weight excluding hydrogens is 348 g/mol. The van der Waals surface area contributed by atoms with Crippen LogP contribution in [0.1, 0.15) is 68.1 Å². The zero-order valence-electron chi connectivity index (χ0n) is 15.0. The summed E-state index contributed by atoms with van der Waals surface area (Å²) in [4.78, 5) is 20.8. The van der Waals surface area contributed by atoms with Gasteiger partial charge >= 0.3 is 0 Å². The van der Waals surface area contributed by atoms with Crippen LogP contribution in [0.2, 0.25) is 0 Å². The molecule has 1 saturated heterocycles. The number of rotatable bonds is 3. The van der Waals surface area contributed by atoms with E-state index in [0.29, 0.717) is 36.4 Å². The van der Waals surface area contributed by atoms with Gasteiger partial charge in [0.05, 0.1) is 6.54 Å². The summed E-state index contributed by atoms with van der Waals surface area (Å²) >= 11 is 1.25. The molecule has 3 aliphatic rings. The summed E-state index contributed by atoms with van der Waals surface area (Å²) in [6, 6.07) is 0. The minimum Gasteiger partial charge on any atom is -0.333 e. The molecule has 3 fully saturated rings. The zero-order chi connectivity index (χ0) is 18.1. The van der Waals surface area contributed by atoms with Gasteiger partial charge in [0.2, 0.25) is 5.91 Å². The van der Waals surface area contributed by atoms with Gasteiger partial charge in [0.25, 0.3) is 0 Å². The number of carbonyl (C=O) groups excluding carboxylic acids is 1. The van der Waals surface area contributed by atoms with E-state index >= 15 is 0 Å². The van der Waals surface area contributed by atoms with Crippen LogP contribution in [0.3, 0.4) is 0 Å². The third-order valence-corrected chi connectivity index (χ3v) is 6.37. The number of nitrogens with one attached hydrogen (secondary N) is 2. The number of piperazine rings is 1. The first-order valence-corrected chi connectivity index (χ1v) is 10.5. The largest absolute Gasteiger partial charge is 0.333 e. The summed E-state index contributed by atoms with van der Waals surface area (Å²) in [6.45, 7) is 1.37. The Balaban J connectivity index is 1.37. The van der Waals surface area contributed by atoms with Crippen LogP contribution in [-0.2, 0) is 4.79 Å². The third kappa shape index (κ3) is 3.65. The van der Waals surface area contributed by atoms with E-state index in [1.54, 1.807) is 4.90 Å². The fraction of sp³-hybridized carbons (Fsp3) is 0.722. The highest BCUT2D eigenvalue weighted by Crippen LogP contribution is 2.38. The molecule has 140 valence electrons. The van der Waals surface area contributed by atoms with Crippen LogP contribution in [0.4, 0.5) is 0 Å². The van der Waals surface area contributed by atoms with Crippen molar-refractivity contribution in [2.45, 2.75) is 57.3 Å². The van der Waals surface area contributed by atoms with E-state index in [2.05, 4.69) is 9.36 Å². The van der Waals surface area contributed by atoms with Crippen molar-refractivity contribution in [3.8, 4) is 0 Å². The van der Waals surface area contributed by atoms with Crippen molar-refractivity contribution in [2.24, 2.45) is 5.92 Å². The summed E-state index contributed by atoms with van der Waals surface area (Å²) < 4.78 is 4.36. The van der Waals surface area contributed by atoms with Crippen LogP contribution in [0.25, 0.3) is 0 Å². The molecule has 0 atom stereocenters. The average Bonchev–Trinajstić information content (AvgIpc) is 3.43. The van der Waals surface area contributed by atoms with Crippen molar-refractivity contribution in [1.29, 1.82) is 10.8 Å². The van der Waals surface area contributed by atoms with Crippen LogP contribution in [0.5, 0.6) is 0 Å². The molecule has 2 N–H and O–H groups in total. The number of amidine groups is 2. The number of amides is 1. The first-order valence-electron chi connectivity index (χ1n) is 9.70. The molecule has 1 aromatic rings. The number of carbonyl (C=O) groups is 1. The lowest BCUT2D eigenvalue weighted by Gasteiger charge is -2.37. The van der Waals surface area contributed by atoms with Crippen molar-refractivity contribution in [3.05, 3.63) is 10.8 Å². The van der Waals surface area contributed by atoms with Crippen LogP contribution < -0.4 is 0 Å². The molecule has 0 radical (unpaired) electrons. The summed E-state index contributed by atoms with van der Waals surface area (Å²) in [6.07, 6.45) is 8.98. The second-order valence-corrected chi connectivity index (χ2v) is 8.38. The fourth-order valence-corrected chi connectivity index (χ4v) is 4.58. The van der Waals surface area contributed by atoms with E-state index in [-0.39, 0.29) is 17.7 Å². The first kappa shape index (κ1) is 17.6. The van der Waals surface area contributed by atoms with Gasteiger partial charge in [-0.2, -0.15) is 4.37 Å². The summed E-state index contributed by atoms with van der Waals surface area (Å²) in [7, 11) is 0. The lowest BCUT2D eigenvalue weighted by Crippen LogP contribution is -2.55. The number of aromatic nitrogens is 2. The van der Waals surface area contributed by atoms with Crippen molar-refractivity contribution in [1.82, 2.24) is 19.2 Å². The smallest absolute Gasteiger partial charge is 0.226 e. The maximum Gasteiger partial charge on any atom is 0.226 e. The van der Waals surface area contributed by atoms with Gasteiger partial charge in [-0.15, -0.1) is 0 Å². The monoisotopic (exact) mass is 374 g/mol. The number of nitrogens with zero attached hydrogens (tertiary/aromatic N) is 4. The molecule has 1 amide bonds. The number of hydrogen-bond donors (Lipinski definition) is 2. The van der Waals surface area contributed by atoms with Gasteiger partial charge in [-0.05, 0) is 37.2 Å². The molecule has 0 unspecified atom stereocenters. The Labute approximate surface area is 158 Å². The number of hydrogen-bond acceptors (Lipinski definition) is 6. The van der Waals surface area contributed by atoms with Gasteiger partial charge in [-0.3, -0.25) is 15.6 Å². The quantitative estimate of drug-likeness (QED) is 0.483. The van der Waals surface area contributed by atoms with Crippen molar-refractivity contribution in [2.75, 3.05) is 19.6 Å². The second-order valence-electron chi connectivity index (χ2n) is 7.63. The molecule has 0 aromatic carbocycles. The summed E-state index contributed by atoms with van der Waals surface area (Å²) in [5.74, 6) is 2.22. The molecule has 4 rings (SSSR count). The Bertz CT molecular complexity index is 704. The first-order chi connectivity index (χ1) is 12.6. The molecule has 0 bridgehead atoms. The Hall–Kier alpha value is -1.83. The molecule has 7 nitrogen and oxygen atoms in total. The molecule has 8 heteroatoms. The highest BCUT2D eigenvalue weighted by molar-refractivity contribution is 7.07. The van der Waals surface area contributed by atoms with Gasteiger partial charge < -0.3 is 9.80 Å². The van der Waals surface area contributed by atoms with Crippen LogP contribution in [0, 0.1) is 16.7 Å². The van der Waals surface area contributed by atoms with E-state index in [0.717, 1.165) is 44.3 Å².